The van der Waals surface area contributed by atoms with Crippen LogP contribution in [0.25, 0.3) is 0 Å². The largest absolute Gasteiger partial charge is 0.493 e. The molecule has 1 aliphatic rings. The van der Waals surface area contributed by atoms with Crippen molar-refractivity contribution in [3.05, 3.63) is 35.9 Å². The lowest BCUT2D eigenvalue weighted by atomic mass is 10.1. The zero-order valence-electron chi connectivity index (χ0n) is 15.4. The molecule has 0 unspecified atom stereocenters. The van der Waals surface area contributed by atoms with Gasteiger partial charge in [0.1, 0.15) is 5.75 Å². The van der Waals surface area contributed by atoms with Gasteiger partial charge in [-0.05, 0) is 37.3 Å². The predicted octanol–water partition coefficient (Wildman–Crippen LogP) is 2.68. The molecule has 1 atom stereocenters. The molecule has 0 saturated heterocycles. The van der Waals surface area contributed by atoms with Crippen molar-refractivity contribution in [1.82, 2.24) is 0 Å². The average molecular weight is 372 g/mol. The first-order chi connectivity index (χ1) is 13.0. The summed E-state index contributed by atoms with van der Waals surface area (Å²) in [5, 5.41) is 5.52. The second kappa shape index (κ2) is 7.45. The molecule has 0 bridgehead atoms. The van der Waals surface area contributed by atoms with E-state index in [-0.39, 0.29) is 17.2 Å². The van der Waals surface area contributed by atoms with Crippen molar-refractivity contribution in [2.24, 2.45) is 0 Å². The summed E-state index contributed by atoms with van der Waals surface area (Å²) < 4.78 is 21.4. The zero-order chi connectivity index (χ0) is 19.6. The number of carbonyl (C=O) groups excluding carboxylic acids is 2. The van der Waals surface area contributed by atoms with Gasteiger partial charge in [0, 0.05) is 5.69 Å². The van der Waals surface area contributed by atoms with E-state index in [1.54, 1.807) is 37.3 Å². The van der Waals surface area contributed by atoms with Crippen LogP contribution in [0, 0.1) is 0 Å². The second-order valence-corrected chi connectivity index (χ2v) is 5.80. The minimum absolute atomic E-state index is 0.243. The molecular formula is C19H20N2O6. The lowest BCUT2D eigenvalue weighted by molar-refractivity contribution is -0.122. The van der Waals surface area contributed by atoms with Crippen LogP contribution in [0.4, 0.5) is 11.4 Å². The number of carbonyl (C=O) groups is 2. The number of hydrogen-bond donors (Lipinski definition) is 2. The van der Waals surface area contributed by atoms with Crippen LogP contribution in [0.1, 0.15) is 17.3 Å². The van der Waals surface area contributed by atoms with Crippen molar-refractivity contribution < 1.29 is 28.5 Å². The maximum atomic E-state index is 12.7. The Morgan fingerprint density at radius 3 is 2.48 bits per heavy atom. The molecule has 1 heterocycles. The molecule has 0 aliphatic carbocycles. The van der Waals surface area contributed by atoms with Gasteiger partial charge in [0.05, 0.1) is 32.6 Å². The zero-order valence-corrected chi connectivity index (χ0v) is 15.4. The Hall–Kier alpha value is -3.42. The Balaban J connectivity index is 1.88. The summed E-state index contributed by atoms with van der Waals surface area (Å²) in [6.07, 6.45) is -0.561. The van der Waals surface area contributed by atoms with E-state index in [2.05, 4.69) is 10.6 Å². The van der Waals surface area contributed by atoms with Crippen molar-refractivity contribution in [2.75, 3.05) is 32.0 Å². The molecule has 0 spiro atoms. The molecular weight excluding hydrogens is 352 g/mol. The predicted molar refractivity (Wildman–Crippen MR) is 99.2 cm³/mol. The molecule has 2 amide bonds. The molecule has 0 saturated carbocycles. The van der Waals surface area contributed by atoms with Gasteiger partial charge in [0.25, 0.3) is 11.8 Å². The number of amides is 2. The van der Waals surface area contributed by atoms with Crippen LogP contribution >= 0.6 is 0 Å². The molecule has 2 N–H and O–H groups in total. The topological polar surface area (TPSA) is 95.1 Å². The number of methoxy groups -OCH3 is 3. The number of ether oxygens (including phenoxy) is 4. The van der Waals surface area contributed by atoms with Crippen LogP contribution < -0.4 is 29.6 Å². The summed E-state index contributed by atoms with van der Waals surface area (Å²) in [5.74, 6) is 0.944. The fourth-order valence-electron chi connectivity index (χ4n) is 2.77. The van der Waals surface area contributed by atoms with E-state index < -0.39 is 12.0 Å². The molecule has 0 radical (unpaired) electrons. The molecule has 0 fully saturated rings. The Kier molecular flexibility index (Phi) is 5.07. The summed E-state index contributed by atoms with van der Waals surface area (Å²) >= 11 is 0. The highest BCUT2D eigenvalue weighted by molar-refractivity contribution is 6.07. The molecule has 2 aromatic carbocycles. The smallest absolute Gasteiger partial charge is 0.265 e. The van der Waals surface area contributed by atoms with E-state index in [1.807, 2.05) is 0 Å². The fourth-order valence-corrected chi connectivity index (χ4v) is 2.77. The Labute approximate surface area is 156 Å². The number of benzene rings is 2. The summed E-state index contributed by atoms with van der Waals surface area (Å²) in [4.78, 5) is 24.5. The van der Waals surface area contributed by atoms with Gasteiger partial charge in [-0.15, -0.1) is 0 Å². The first kappa shape index (κ1) is 18.4. The highest BCUT2D eigenvalue weighted by atomic mass is 16.5. The van der Waals surface area contributed by atoms with Gasteiger partial charge in [0.2, 0.25) is 5.75 Å². The van der Waals surface area contributed by atoms with Crippen LogP contribution in [0.3, 0.4) is 0 Å². The minimum atomic E-state index is -0.561. The second-order valence-electron chi connectivity index (χ2n) is 5.80. The third-order valence-electron chi connectivity index (χ3n) is 4.12. The number of anilines is 2. The van der Waals surface area contributed by atoms with Crippen molar-refractivity contribution in [1.29, 1.82) is 0 Å². The third kappa shape index (κ3) is 3.46. The Morgan fingerprint density at radius 2 is 1.81 bits per heavy atom. The van der Waals surface area contributed by atoms with E-state index in [4.69, 9.17) is 18.9 Å². The molecule has 0 aromatic heterocycles. The number of nitrogens with one attached hydrogen (secondary N) is 2. The summed E-state index contributed by atoms with van der Waals surface area (Å²) in [5.41, 5.74) is 1.27. The van der Waals surface area contributed by atoms with Crippen LogP contribution in [0.15, 0.2) is 30.3 Å². The van der Waals surface area contributed by atoms with Gasteiger partial charge >= 0.3 is 0 Å². The van der Waals surface area contributed by atoms with Gasteiger partial charge in [-0.1, -0.05) is 0 Å². The molecule has 142 valence electrons. The average Bonchev–Trinajstić information content (AvgIpc) is 2.67. The SMILES string of the molecule is COc1ccc(C(=O)Nc2ccc3c(c2)NC(=O)[C@@H](C)O3)c(OC)c1OC. The van der Waals surface area contributed by atoms with E-state index in [9.17, 15) is 9.59 Å². The van der Waals surface area contributed by atoms with Gasteiger partial charge in [-0.2, -0.15) is 0 Å². The van der Waals surface area contributed by atoms with E-state index in [1.165, 1.54) is 21.3 Å². The first-order valence-corrected chi connectivity index (χ1v) is 8.20. The minimum Gasteiger partial charge on any atom is -0.493 e. The van der Waals surface area contributed by atoms with Crippen molar-refractivity contribution in [3.63, 3.8) is 0 Å². The first-order valence-electron chi connectivity index (χ1n) is 8.20. The van der Waals surface area contributed by atoms with E-state index in [0.717, 1.165) is 0 Å². The lowest BCUT2D eigenvalue weighted by Crippen LogP contribution is -2.34. The summed E-state index contributed by atoms with van der Waals surface area (Å²) in [6.45, 7) is 1.66. The summed E-state index contributed by atoms with van der Waals surface area (Å²) in [6, 6.07) is 8.21. The number of fused-ring (bicyclic) bond motifs is 1. The third-order valence-corrected chi connectivity index (χ3v) is 4.12. The quantitative estimate of drug-likeness (QED) is 0.838. The van der Waals surface area contributed by atoms with E-state index in [0.29, 0.717) is 28.6 Å². The molecule has 8 nitrogen and oxygen atoms in total. The van der Waals surface area contributed by atoms with Gasteiger partial charge < -0.3 is 29.6 Å². The maximum Gasteiger partial charge on any atom is 0.265 e. The van der Waals surface area contributed by atoms with Crippen molar-refractivity contribution >= 4 is 23.2 Å². The molecule has 1 aliphatic heterocycles. The molecule has 3 rings (SSSR count). The normalized spacial score (nSPS) is 15.1. The summed E-state index contributed by atoms with van der Waals surface area (Å²) in [7, 11) is 4.41. The van der Waals surface area contributed by atoms with Crippen LogP contribution in [-0.4, -0.2) is 39.2 Å². The fraction of sp³-hybridized carbons (Fsp3) is 0.263. The van der Waals surface area contributed by atoms with Gasteiger partial charge in [-0.25, -0.2) is 0 Å². The molecule has 27 heavy (non-hydrogen) atoms. The highest BCUT2D eigenvalue weighted by Gasteiger charge is 2.24. The monoisotopic (exact) mass is 372 g/mol. The van der Waals surface area contributed by atoms with E-state index >= 15 is 0 Å². The van der Waals surface area contributed by atoms with Gasteiger partial charge in [-0.3, -0.25) is 9.59 Å². The van der Waals surface area contributed by atoms with Crippen molar-refractivity contribution in [3.8, 4) is 23.0 Å². The molecule has 8 heteroatoms. The lowest BCUT2D eigenvalue weighted by Gasteiger charge is -2.23. The number of rotatable bonds is 5. The maximum absolute atomic E-state index is 12.7. The standard InChI is InChI=1S/C19H20N2O6/c1-10-18(22)21-13-9-11(5-7-14(13)27-10)20-19(23)12-6-8-15(24-2)17(26-4)16(12)25-3/h5-10H,1-4H3,(H,20,23)(H,21,22)/t10-/m1/s1. The Morgan fingerprint density at radius 1 is 1.07 bits per heavy atom. The van der Waals surface area contributed by atoms with Crippen LogP contribution in [0.2, 0.25) is 0 Å². The van der Waals surface area contributed by atoms with Crippen LogP contribution in [0.5, 0.6) is 23.0 Å². The van der Waals surface area contributed by atoms with Crippen molar-refractivity contribution in [2.45, 2.75) is 13.0 Å². The van der Waals surface area contributed by atoms with Gasteiger partial charge in [0.15, 0.2) is 17.6 Å². The molecule has 2 aromatic rings. The number of hydrogen-bond acceptors (Lipinski definition) is 6. The Bertz CT molecular complexity index is 896. The highest BCUT2D eigenvalue weighted by Crippen LogP contribution is 2.40. The van der Waals surface area contributed by atoms with Crippen LogP contribution in [-0.2, 0) is 4.79 Å².